The van der Waals surface area contributed by atoms with E-state index in [4.69, 9.17) is 16.3 Å². The monoisotopic (exact) mass is 452 g/mol. The van der Waals surface area contributed by atoms with Crippen molar-refractivity contribution in [3.05, 3.63) is 28.8 Å². The van der Waals surface area contributed by atoms with E-state index >= 15 is 0 Å². The number of carbonyl (C=O) groups is 1. The lowest BCUT2D eigenvalue weighted by Crippen LogP contribution is -2.40. The Hall–Kier alpha value is -1.16. The number of benzene rings is 1. The van der Waals surface area contributed by atoms with Gasteiger partial charge >= 0.3 is 5.97 Å². The highest BCUT2D eigenvalue weighted by Gasteiger charge is 2.43. The minimum atomic E-state index is -1.18. The molecular formula is C26H35ClF2O2. The first kappa shape index (κ1) is 23.0. The molecule has 0 radical (unpaired) electrons. The maximum atomic E-state index is 14.1. The molecule has 0 heterocycles. The molecule has 31 heavy (non-hydrogen) atoms. The van der Waals surface area contributed by atoms with Gasteiger partial charge in [-0.2, -0.15) is 4.39 Å². The van der Waals surface area contributed by atoms with Crippen LogP contribution in [0.4, 0.5) is 8.78 Å². The van der Waals surface area contributed by atoms with E-state index in [1.807, 2.05) is 0 Å². The third kappa shape index (κ3) is 5.10. The van der Waals surface area contributed by atoms with Crippen molar-refractivity contribution in [2.24, 2.45) is 35.5 Å². The summed E-state index contributed by atoms with van der Waals surface area (Å²) in [5.41, 5.74) is 0. The van der Waals surface area contributed by atoms with Crippen LogP contribution < -0.4 is 4.74 Å². The van der Waals surface area contributed by atoms with Crippen molar-refractivity contribution in [3.8, 4) is 5.75 Å². The lowest BCUT2D eigenvalue weighted by Gasteiger charge is -2.46. The largest absolute Gasteiger partial charge is 0.423 e. The average molecular weight is 453 g/mol. The highest BCUT2D eigenvalue weighted by Crippen LogP contribution is 2.50. The Morgan fingerprint density at radius 3 is 2.45 bits per heavy atom. The predicted molar refractivity (Wildman–Crippen MR) is 119 cm³/mol. The van der Waals surface area contributed by atoms with E-state index in [0.717, 1.165) is 37.0 Å². The molecule has 0 amide bonds. The molecule has 4 unspecified atom stereocenters. The fourth-order valence-corrected chi connectivity index (χ4v) is 6.99. The molecule has 1 aromatic carbocycles. The van der Waals surface area contributed by atoms with Crippen molar-refractivity contribution in [2.75, 3.05) is 0 Å². The van der Waals surface area contributed by atoms with Gasteiger partial charge in [0.2, 0.25) is 5.82 Å². The van der Waals surface area contributed by atoms with Crippen molar-refractivity contribution < 1.29 is 18.3 Å². The van der Waals surface area contributed by atoms with Gasteiger partial charge in [-0.15, -0.1) is 0 Å². The summed E-state index contributed by atoms with van der Waals surface area (Å²) in [5.74, 6) is 0.134. The molecule has 0 saturated heterocycles. The van der Waals surface area contributed by atoms with Crippen molar-refractivity contribution in [1.29, 1.82) is 0 Å². The second kappa shape index (κ2) is 10.2. The van der Waals surface area contributed by atoms with Crippen molar-refractivity contribution in [2.45, 2.75) is 84.0 Å². The van der Waals surface area contributed by atoms with Crippen LogP contribution >= 0.6 is 11.6 Å². The van der Waals surface area contributed by atoms with Crippen molar-refractivity contribution in [3.63, 3.8) is 0 Å². The van der Waals surface area contributed by atoms with Gasteiger partial charge in [-0.1, -0.05) is 57.0 Å². The van der Waals surface area contributed by atoms with Crippen LogP contribution in [-0.2, 0) is 4.79 Å². The lowest BCUT2D eigenvalue weighted by atomic mass is 9.59. The summed E-state index contributed by atoms with van der Waals surface area (Å²) in [5, 5.41) is -0.308. The average Bonchev–Trinajstić information content (AvgIpc) is 2.79. The SMILES string of the molecule is CCCC1CCC(C2CCC3C(CCCC3C(=O)Oc3ccc(Cl)c(F)c3F)C2)CC1. The number of esters is 1. The Morgan fingerprint density at radius 2 is 1.71 bits per heavy atom. The molecule has 5 heteroatoms. The molecule has 172 valence electrons. The smallest absolute Gasteiger partial charge is 0.314 e. The lowest BCUT2D eigenvalue weighted by molar-refractivity contribution is -0.144. The second-order valence-electron chi connectivity index (χ2n) is 10.2. The number of ether oxygens (including phenoxy) is 1. The van der Waals surface area contributed by atoms with Crippen LogP contribution in [0.1, 0.15) is 84.0 Å². The van der Waals surface area contributed by atoms with E-state index in [0.29, 0.717) is 11.8 Å². The topological polar surface area (TPSA) is 26.3 Å². The first-order valence-electron chi connectivity index (χ1n) is 12.3. The van der Waals surface area contributed by atoms with Gasteiger partial charge in [0.05, 0.1) is 10.9 Å². The Labute approximate surface area is 190 Å². The molecule has 2 nitrogen and oxygen atoms in total. The minimum absolute atomic E-state index is 0.210. The van der Waals surface area contributed by atoms with Gasteiger partial charge in [0.25, 0.3) is 0 Å². The van der Waals surface area contributed by atoms with E-state index in [2.05, 4.69) is 6.92 Å². The zero-order valence-electron chi connectivity index (χ0n) is 18.6. The molecule has 0 aromatic heterocycles. The van der Waals surface area contributed by atoms with E-state index in [1.54, 1.807) is 0 Å². The zero-order chi connectivity index (χ0) is 22.0. The fourth-order valence-electron chi connectivity index (χ4n) is 6.85. The third-order valence-corrected chi connectivity index (χ3v) is 8.75. The normalized spacial score (nSPS) is 33.5. The van der Waals surface area contributed by atoms with Crippen LogP contribution in [0.3, 0.4) is 0 Å². The van der Waals surface area contributed by atoms with Gasteiger partial charge in [-0.25, -0.2) is 4.39 Å². The molecule has 3 aliphatic rings. The summed E-state index contributed by atoms with van der Waals surface area (Å²) in [4.78, 5) is 12.9. The van der Waals surface area contributed by atoms with Gasteiger partial charge in [0.15, 0.2) is 11.6 Å². The van der Waals surface area contributed by atoms with Crippen LogP contribution in [0.15, 0.2) is 12.1 Å². The Bertz CT molecular complexity index is 775. The Balaban J connectivity index is 1.35. The van der Waals surface area contributed by atoms with E-state index < -0.39 is 17.6 Å². The number of halogens is 3. The molecular weight excluding hydrogens is 418 g/mol. The van der Waals surface area contributed by atoms with Crippen LogP contribution in [0.25, 0.3) is 0 Å². The van der Waals surface area contributed by atoms with Crippen LogP contribution in [0.5, 0.6) is 5.75 Å². The molecule has 3 aliphatic carbocycles. The van der Waals surface area contributed by atoms with Gasteiger partial charge in [-0.3, -0.25) is 4.79 Å². The molecule has 3 fully saturated rings. The highest BCUT2D eigenvalue weighted by atomic mass is 35.5. The third-order valence-electron chi connectivity index (χ3n) is 8.46. The first-order chi connectivity index (χ1) is 15.0. The zero-order valence-corrected chi connectivity index (χ0v) is 19.3. The maximum Gasteiger partial charge on any atom is 0.314 e. The first-order valence-corrected chi connectivity index (χ1v) is 12.7. The van der Waals surface area contributed by atoms with Gasteiger partial charge in [0.1, 0.15) is 0 Å². The summed E-state index contributed by atoms with van der Waals surface area (Å²) < 4.78 is 33.2. The van der Waals surface area contributed by atoms with Crippen molar-refractivity contribution >= 4 is 17.6 Å². The summed E-state index contributed by atoms with van der Waals surface area (Å²) in [6.45, 7) is 2.29. The molecule has 4 rings (SSSR count). The molecule has 3 saturated carbocycles. The number of hydrogen-bond donors (Lipinski definition) is 0. The number of hydrogen-bond acceptors (Lipinski definition) is 2. The standard InChI is InChI=1S/C26H35ClF2O2/c1-2-4-16-7-9-17(10-8-16)18-11-12-20-19(15-18)5-3-6-21(20)26(30)31-23-14-13-22(27)24(28)25(23)29/h13-14,16-21H,2-12,15H2,1H3. The van der Waals surface area contributed by atoms with E-state index in [1.165, 1.54) is 69.9 Å². The molecule has 0 aliphatic heterocycles. The predicted octanol–water partition coefficient (Wildman–Crippen LogP) is 7.96. The molecule has 0 spiro atoms. The Kier molecular flexibility index (Phi) is 7.56. The number of rotatable bonds is 5. The van der Waals surface area contributed by atoms with Crippen molar-refractivity contribution in [1.82, 2.24) is 0 Å². The summed E-state index contributed by atoms with van der Waals surface area (Å²) in [6, 6.07) is 2.47. The quantitative estimate of drug-likeness (QED) is 0.257. The fraction of sp³-hybridized carbons (Fsp3) is 0.731. The van der Waals surface area contributed by atoms with Gasteiger partial charge in [-0.05, 0) is 80.2 Å². The number of fused-ring (bicyclic) bond motifs is 1. The molecule has 0 bridgehead atoms. The second-order valence-corrected chi connectivity index (χ2v) is 10.6. The minimum Gasteiger partial charge on any atom is -0.423 e. The van der Waals surface area contributed by atoms with Crippen LogP contribution in [-0.4, -0.2) is 5.97 Å². The number of carbonyl (C=O) groups excluding carboxylic acids is 1. The summed E-state index contributed by atoms with van der Waals surface area (Å²) in [7, 11) is 0. The maximum absolute atomic E-state index is 14.1. The highest BCUT2D eigenvalue weighted by molar-refractivity contribution is 6.30. The van der Waals surface area contributed by atoms with Gasteiger partial charge in [0, 0.05) is 0 Å². The Morgan fingerprint density at radius 1 is 0.968 bits per heavy atom. The van der Waals surface area contributed by atoms with E-state index in [-0.39, 0.29) is 16.7 Å². The summed E-state index contributed by atoms with van der Waals surface area (Å²) >= 11 is 5.61. The van der Waals surface area contributed by atoms with Crippen LogP contribution in [0.2, 0.25) is 5.02 Å². The van der Waals surface area contributed by atoms with E-state index in [9.17, 15) is 13.6 Å². The molecule has 0 N–H and O–H groups in total. The van der Waals surface area contributed by atoms with Gasteiger partial charge < -0.3 is 4.74 Å². The summed E-state index contributed by atoms with van der Waals surface area (Å²) in [6.07, 6.45) is 14.7. The molecule has 1 aromatic rings. The molecule has 4 atom stereocenters. The van der Waals surface area contributed by atoms with Crippen LogP contribution in [0, 0.1) is 47.1 Å².